The summed E-state index contributed by atoms with van der Waals surface area (Å²) in [6, 6.07) is 13.2. The maximum atomic E-state index is 15.1. The minimum atomic E-state index is -1.24. The molecule has 1 aromatic heterocycles. The lowest BCUT2D eigenvalue weighted by Gasteiger charge is -2.16. The molecule has 12 heteroatoms. The lowest BCUT2D eigenvalue weighted by molar-refractivity contribution is -0.139. The average Bonchev–Trinajstić information content (AvgIpc) is 2.92. The Labute approximate surface area is 230 Å². The Balaban J connectivity index is 1.49. The predicted octanol–water partition coefficient (Wildman–Crippen LogP) is 4.39. The smallest absolute Gasteiger partial charge is 0.325 e. The number of ketones is 1. The van der Waals surface area contributed by atoms with Gasteiger partial charge in [-0.25, -0.2) is 17.6 Å². The van der Waals surface area contributed by atoms with Gasteiger partial charge in [-0.2, -0.15) is 0 Å². The monoisotopic (exact) mass is 569 g/mol. The van der Waals surface area contributed by atoms with Crippen molar-refractivity contribution < 1.29 is 37.0 Å². The molecule has 0 spiro atoms. The number of carboxylic acids is 1. The molecule has 1 heterocycles. The van der Waals surface area contributed by atoms with Crippen molar-refractivity contribution in [2.75, 3.05) is 18.9 Å². The number of pyridine rings is 1. The quantitative estimate of drug-likeness (QED) is 0.139. The molecule has 1 atom stereocenters. The molecule has 0 aliphatic heterocycles. The van der Waals surface area contributed by atoms with Crippen molar-refractivity contribution >= 4 is 17.6 Å². The van der Waals surface area contributed by atoms with Crippen molar-refractivity contribution in [1.82, 2.24) is 9.88 Å². The van der Waals surface area contributed by atoms with Crippen LogP contribution in [0.3, 0.4) is 0 Å². The largest absolute Gasteiger partial charge is 0.493 e. The number of hydrogen-bond acceptors (Lipinski definition) is 6. The van der Waals surface area contributed by atoms with Gasteiger partial charge in [0.15, 0.2) is 17.4 Å². The number of carbonyl (C=O) groups is 2. The second kappa shape index (κ2) is 12.5. The van der Waals surface area contributed by atoms with Gasteiger partial charge in [0.2, 0.25) is 0 Å². The number of aliphatic carboxylic acids is 1. The molecular formula is C29H23F4N3O5. The van der Waals surface area contributed by atoms with Crippen LogP contribution in [0.15, 0.2) is 77.6 Å². The molecule has 3 aromatic carbocycles. The highest BCUT2D eigenvalue weighted by atomic mass is 19.1. The van der Waals surface area contributed by atoms with Crippen LogP contribution < -0.4 is 21.3 Å². The molecule has 41 heavy (non-hydrogen) atoms. The van der Waals surface area contributed by atoms with Crippen LogP contribution in [-0.2, 0) is 4.79 Å². The van der Waals surface area contributed by atoms with E-state index in [0.29, 0.717) is 16.2 Å². The molecule has 8 nitrogen and oxygen atoms in total. The number of nitrogens with one attached hydrogen (secondary N) is 1. The molecule has 0 bridgehead atoms. The number of ether oxygens (including phenoxy) is 1. The summed E-state index contributed by atoms with van der Waals surface area (Å²) in [5.74, 6) is -7.54. The summed E-state index contributed by atoms with van der Waals surface area (Å²) in [5, 5.41) is 12.3. The molecule has 4 aromatic rings. The Morgan fingerprint density at radius 3 is 2.20 bits per heavy atom. The number of benzene rings is 3. The van der Waals surface area contributed by atoms with Gasteiger partial charge in [0, 0.05) is 24.3 Å². The van der Waals surface area contributed by atoms with Crippen molar-refractivity contribution in [3.05, 3.63) is 123 Å². The lowest BCUT2D eigenvalue weighted by atomic mass is 10.0. The fourth-order valence-electron chi connectivity index (χ4n) is 4.14. The Hall–Kier alpha value is -4.97. The Bertz CT molecular complexity index is 1640. The van der Waals surface area contributed by atoms with Crippen molar-refractivity contribution in [3.8, 4) is 11.4 Å². The van der Waals surface area contributed by atoms with E-state index in [1.165, 1.54) is 0 Å². The summed E-state index contributed by atoms with van der Waals surface area (Å²) in [7, 11) is 0. The number of nitrogens with zero attached hydrogens (tertiary/aromatic N) is 1. The summed E-state index contributed by atoms with van der Waals surface area (Å²) in [6.45, 7) is 0.192. The van der Waals surface area contributed by atoms with E-state index in [0.717, 1.165) is 36.4 Å². The third-order valence-electron chi connectivity index (χ3n) is 6.08. The first-order chi connectivity index (χ1) is 19.6. The number of aromatic nitrogens is 1. The van der Waals surface area contributed by atoms with Gasteiger partial charge in [-0.3, -0.25) is 19.0 Å². The lowest BCUT2D eigenvalue weighted by Crippen LogP contribution is -2.30. The predicted molar refractivity (Wildman–Crippen MR) is 141 cm³/mol. The first-order valence-electron chi connectivity index (χ1n) is 12.2. The third kappa shape index (κ3) is 6.44. The number of carboxylic acid groups (broad SMARTS) is 1. The Morgan fingerprint density at radius 1 is 0.902 bits per heavy atom. The summed E-state index contributed by atoms with van der Waals surface area (Å²) in [6.07, 6.45) is 0.290. The Kier molecular flexibility index (Phi) is 8.83. The normalized spacial score (nSPS) is 11.7. The minimum Gasteiger partial charge on any atom is -0.493 e. The molecule has 0 amide bonds. The number of nitrogen functional groups attached to an aromatic ring is 1. The minimum absolute atomic E-state index is 0.0261. The van der Waals surface area contributed by atoms with Gasteiger partial charge < -0.3 is 20.9 Å². The standard InChI is InChI=1S/C29H23F4N3O5/c30-17-7-8-19(21(31)13-17)27(38)20-9-10-24(37)36(28(20)34)26-22(32)14-18(15-23(26)33)41-12-4-11-35-25(29(39)40)16-5-2-1-3-6-16/h1-3,5-10,13-15,25,35H,4,11-12,34H2,(H,39,40)/t25-/m1/s1. The fraction of sp³-hybridized carbons (Fsp3) is 0.138. The van der Waals surface area contributed by atoms with Crippen LogP contribution in [0.4, 0.5) is 23.4 Å². The molecule has 0 saturated heterocycles. The molecule has 4 rings (SSSR count). The van der Waals surface area contributed by atoms with Crippen molar-refractivity contribution in [3.63, 3.8) is 0 Å². The molecular weight excluding hydrogens is 546 g/mol. The van der Waals surface area contributed by atoms with Crippen LogP contribution in [0, 0.1) is 23.3 Å². The molecule has 0 aliphatic rings. The van der Waals surface area contributed by atoms with Crippen LogP contribution in [0.2, 0.25) is 0 Å². The molecule has 0 fully saturated rings. The maximum absolute atomic E-state index is 15.1. The molecule has 0 saturated carbocycles. The first kappa shape index (κ1) is 29.0. The second-order valence-corrected chi connectivity index (χ2v) is 8.83. The molecule has 212 valence electrons. The zero-order valence-corrected chi connectivity index (χ0v) is 21.2. The van der Waals surface area contributed by atoms with Gasteiger partial charge in [-0.1, -0.05) is 30.3 Å². The SMILES string of the molecule is Nc1c(C(=O)c2ccc(F)cc2F)ccc(=O)n1-c1c(F)cc(OCCCN[C@@H](C(=O)O)c2ccccc2)cc1F. The number of rotatable bonds is 11. The first-order valence-corrected chi connectivity index (χ1v) is 12.2. The summed E-state index contributed by atoms with van der Waals surface area (Å²) < 4.78 is 63.4. The van der Waals surface area contributed by atoms with Crippen molar-refractivity contribution in [1.29, 1.82) is 0 Å². The van der Waals surface area contributed by atoms with Gasteiger partial charge >= 0.3 is 5.97 Å². The van der Waals surface area contributed by atoms with Crippen LogP contribution >= 0.6 is 0 Å². The van der Waals surface area contributed by atoms with Gasteiger partial charge in [0.05, 0.1) is 17.7 Å². The number of nitrogens with two attached hydrogens (primary N) is 1. The van der Waals surface area contributed by atoms with Crippen molar-refractivity contribution in [2.24, 2.45) is 0 Å². The highest BCUT2D eigenvalue weighted by molar-refractivity contribution is 6.11. The average molecular weight is 570 g/mol. The topological polar surface area (TPSA) is 124 Å². The molecule has 0 radical (unpaired) electrons. The van der Waals surface area contributed by atoms with Crippen LogP contribution in [0.25, 0.3) is 5.69 Å². The summed E-state index contributed by atoms with van der Waals surface area (Å²) >= 11 is 0. The molecule has 0 unspecified atom stereocenters. The van der Waals surface area contributed by atoms with E-state index in [1.807, 2.05) is 0 Å². The van der Waals surface area contributed by atoms with E-state index in [1.54, 1.807) is 30.3 Å². The molecule has 4 N–H and O–H groups in total. The van der Waals surface area contributed by atoms with E-state index in [-0.39, 0.29) is 25.3 Å². The van der Waals surface area contributed by atoms with E-state index >= 15 is 8.78 Å². The van der Waals surface area contributed by atoms with Crippen LogP contribution in [0.1, 0.15) is 33.9 Å². The van der Waals surface area contributed by atoms with Crippen LogP contribution in [0.5, 0.6) is 5.75 Å². The molecule has 0 aliphatic carbocycles. The van der Waals surface area contributed by atoms with E-state index in [2.05, 4.69) is 5.32 Å². The highest BCUT2D eigenvalue weighted by Crippen LogP contribution is 2.27. The van der Waals surface area contributed by atoms with E-state index < -0.39 is 69.3 Å². The summed E-state index contributed by atoms with van der Waals surface area (Å²) in [4.78, 5) is 36.9. The fourth-order valence-corrected chi connectivity index (χ4v) is 4.14. The number of hydrogen-bond donors (Lipinski definition) is 3. The highest BCUT2D eigenvalue weighted by Gasteiger charge is 2.24. The maximum Gasteiger partial charge on any atom is 0.325 e. The van der Waals surface area contributed by atoms with E-state index in [9.17, 15) is 28.3 Å². The van der Waals surface area contributed by atoms with Gasteiger partial charge in [-0.05, 0) is 36.7 Å². The van der Waals surface area contributed by atoms with Gasteiger partial charge in [0.25, 0.3) is 5.56 Å². The van der Waals surface area contributed by atoms with Crippen LogP contribution in [-0.4, -0.2) is 34.6 Å². The number of anilines is 1. The zero-order chi connectivity index (χ0) is 29.7. The summed E-state index contributed by atoms with van der Waals surface area (Å²) in [5.41, 5.74) is 3.66. The van der Waals surface area contributed by atoms with Crippen molar-refractivity contribution in [2.45, 2.75) is 12.5 Å². The second-order valence-electron chi connectivity index (χ2n) is 8.83. The van der Waals surface area contributed by atoms with E-state index in [4.69, 9.17) is 10.5 Å². The van der Waals surface area contributed by atoms with Gasteiger partial charge in [0.1, 0.15) is 34.9 Å². The Morgan fingerprint density at radius 2 is 1.56 bits per heavy atom. The third-order valence-corrected chi connectivity index (χ3v) is 6.08. The number of carbonyl (C=O) groups excluding carboxylic acids is 1. The number of halogens is 4. The zero-order valence-electron chi connectivity index (χ0n) is 21.2. The van der Waals surface area contributed by atoms with Gasteiger partial charge in [-0.15, -0.1) is 0 Å².